The molecule has 0 unspecified atom stereocenters. The average molecular weight is 385 g/mol. The standard InChI is InChI=1S/C20H26F3NO3/c1-2-3-4-5-6-7-12-26-19-9-8-15(13-17(19)20(21,22)23)18-14-16(10-11-25)27-24-18/h8-9,13-14,25H,2-7,10-12H2,1H3. The van der Waals surface area contributed by atoms with Gasteiger partial charge in [0.25, 0.3) is 0 Å². The molecule has 0 atom stereocenters. The van der Waals surface area contributed by atoms with E-state index in [1.54, 1.807) is 0 Å². The van der Waals surface area contributed by atoms with Crippen LogP contribution < -0.4 is 4.74 Å². The van der Waals surface area contributed by atoms with Gasteiger partial charge in [0, 0.05) is 18.1 Å². The number of rotatable bonds is 11. The highest BCUT2D eigenvalue weighted by Crippen LogP contribution is 2.38. The monoisotopic (exact) mass is 385 g/mol. The van der Waals surface area contributed by atoms with E-state index in [2.05, 4.69) is 12.1 Å². The lowest BCUT2D eigenvalue weighted by molar-refractivity contribution is -0.138. The highest BCUT2D eigenvalue weighted by molar-refractivity contribution is 5.62. The van der Waals surface area contributed by atoms with E-state index in [1.807, 2.05) is 0 Å². The minimum Gasteiger partial charge on any atom is -0.493 e. The quantitative estimate of drug-likeness (QED) is 0.509. The Morgan fingerprint density at radius 3 is 2.52 bits per heavy atom. The van der Waals surface area contributed by atoms with Crippen molar-refractivity contribution in [3.63, 3.8) is 0 Å². The first-order valence-corrected chi connectivity index (χ1v) is 9.36. The minimum absolute atomic E-state index is 0.117. The number of aliphatic hydroxyl groups is 1. The van der Waals surface area contributed by atoms with Gasteiger partial charge in [0.2, 0.25) is 0 Å². The predicted octanol–water partition coefficient (Wildman–Crippen LogP) is 5.63. The van der Waals surface area contributed by atoms with Crippen molar-refractivity contribution >= 4 is 0 Å². The third-order valence-electron chi connectivity index (χ3n) is 4.25. The number of unbranched alkanes of at least 4 members (excludes halogenated alkanes) is 5. The van der Waals surface area contributed by atoms with E-state index in [-0.39, 0.29) is 25.4 Å². The second-order valence-corrected chi connectivity index (χ2v) is 6.48. The summed E-state index contributed by atoms with van der Waals surface area (Å²) in [5.74, 6) is 0.253. The minimum atomic E-state index is -4.52. The van der Waals surface area contributed by atoms with Gasteiger partial charge < -0.3 is 14.4 Å². The zero-order valence-corrected chi connectivity index (χ0v) is 15.5. The van der Waals surface area contributed by atoms with Gasteiger partial charge in [-0.1, -0.05) is 44.2 Å². The van der Waals surface area contributed by atoms with E-state index in [9.17, 15) is 13.2 Å². The van der Waals surface area contributed by atoms with Crippen molar-refractivity contribution in [3.8, 4) is 17.0 Å². The summed E-state index contributed by atoms with van der Waals surface area (Å²) in [6, 6.07) is 5.42. The maximum Gasteiger partial charge on any atom is 0.419 e. The number of hydrogen-bond donors (Lipinski definition) is 1. The summed E-state index contributed by atoms with van der Waals surface area (Å²) < 4.78 is 50.7. The van der Waals surface area contributed by atoms with Crippen molar-refractivity contribution in [1.29, 1.82) is 0 Å². The summed E-state index contributed by atoms with van der Waals surface area (Å²) in [4.78, 5) is 0. The van der Waals surface area contributed by atoms with Crippen LogP contribution in [0.1, 0.15) is 56.8 Å². The van der Waals surface area contributed by atoms with Gasteiger partial charge in [0.05, 0.1) is 18.8 Å². The molecule has 4 nitrogen and oxygen atoms in total. The van der Waals surface area contributed by atoms with Crippen LogP contribution in [-0.2, 0) is 12.6 Å². The fourth-order valence-electron chi connectivity index (χ4n) is 2.78. The average Bonchev–Trinajstić information content (AvgIpc) is 3.09. The molecule has 0 bridgehead atoms. The molecular weight excluding hydrogens is 359 g/mol. The summed E-state index contributed by atoms with van der Waals surface area (Å²) >= 11 is 0. The predicted molar refractivity (Wildman–Crippen MR) is 96.6 cm³/mol. The number of alkyl halides is 3. The van der Waals surface area contributed by atoms with Gasteiger partial charge in [0.15, 0.2) is 0 Å². The molecule has 1 aromatic carbocycles. The number of aromatic nitrogens is 1. The molecule has 1 heterocycles. The Hall–Kier alpha value is -2.02. The number of ether oxygens (including phenoxy) is 1. The van der Waals surface area contributed by atoms with Crippen molar-refractivity contribution < 1.29 is 27.5 Å². The van der Waals surface area contributed by atoms with Gasteiger partial charge in [0.1, 0.15) is 17.2 Å². The maximum atomic E-state index is 13.4. The third-order valence-corrected chi connectivity index (χ3v) is 4.25. The van der Waals surface area contributed by atoms with Gasteiger partial charge in [-0.3, -0.25) is 0 Å². The van der Waals surface area contributed by atoms with Crippen LogP contribution in [0.5, 0.6) is 5.75 Å². The molecule has 0 amide bonds. The van der Waals surface area contributed by atoms with Gasteiger partial charge in [-0.25, -0.2) is 0 Å². The topological polar surface area (TPSA) is 55.5 Å². The van der Waals surface area contributed by atoms with E-state index in [0.717, 1.165) is 38.2 Å². The van der Waals surface area contributed by atoms with Crippen molar-refractivity contribution in [2.24, 2.45) is 0 Å². The maximum absolute atomic E-state index is 13.4. The molecule has 0 aliphatic carbocycles. The molecule has 1 N–H and O–H groups in total. The van der Waals surface area contributed by atoms with Crippen molar-refractivity contribution in [2.45, 2.75) is 58.0 Å². The lowest BCUT2D eigenvalue weighted by atomic mass is 10.1. The molecule has 0 aliphatic heterocycles. The van der Waals surface area contributed by atoms with Gasteiger partial charge in [-0.2, -0.15) is 13.2 Å². The molecule has 2 aromatic rings. The third kappa shape index (κ3) is 6.57. The van der Waals surface area contributed by atoms with Crippen LogP contribution >= 0.6 is 0 Å². The highest BCUT2D eigenvalue weighted by Gasteiger charge is 2.35. The SMILES string of the molecule is CCCCCCCCOc1ccc(-c2cc(CCO)on2)cc1C(F)(F)F. The van der Waals surface area contributed by atoms with Crippen LogP contribution in [0.25, 0.3) is 11.3 Å². The molecule has 0 saturated heterocycles. The van der Waals surface area contributed by atoms with E-state index in [0.29, 0.717) is 17.0 Å². The lowest BCUT2D eigenvalue weighted by Gasteiger charge is -2.15. The zero-order chi connectivity index (χ0) is 19.7. The molecular formula is C20H26F3NO3. The Kier molecular flexibility index (Phi) is 8.16. The van der Waals surface area contributed by atoms with Crippen LogP contribution in [0.4, 0.5) is 13.2 Å². The Bertz CT molecular complexity index is 698. The molecule has 2 rings (SSSR count). The number of nitrogens with zero attached hydrogens (tertiary/aromatic N) is 1. The summed E-state index contributed by atoms with van der Waals surface area (Å²) in [7, 11) is 0. The van der Waals surface area contributed by atoms with Gasteiger partial charge in [-0.15, -0.1) is 0 Å². The fourth-order valence-corrected chi connectivity index (χ4v) is 2.78. The summed E-state index contributed by atoms with van der Waals surface area (Å²) in [6.45, 7) is 2.28. The molecule has 7 heteroatoms. The number of benzene rings is 1. The van der Waals surface area contributed by atoms with Crippen LogP contribution in [0.15, 0.2) is 28.8 Å². The first-order chi connectivity index (χ1) is 13.0. The molecule has 0 saturated carbocycles. The van der Waals surface area contributed by atoms with E-state index < -0.39 is 11.7 Å². The largest absolute Gasteiger partial charge is 0.493 e. The van der Waals surface area contributed by atoms with Crippen molar-refractivity contribution in [1.82, 2.24) is 5.16 Å². The highest BCUT2D eigenvalue weighted by atomic mass is 19.4. The molecule has 0 aliphatic rings. The lowest BCUT2D eigenvalue weighted by Crippen LogP contribution is -2.09. The molecule has 27 heavy (non-hydrogen) atoms. The molecule has 0 radical (unpaired) electrons. The molecule has 150 valence electrons. The molecule has 1 aromatic heterocycles. The second-order valence-electron chi connectivity index (χ2n) is 6.48. The number of aliphatic hydroxyl groups excluding tert-OH is 1. The zero-order valence-electron chi connectivity index (χ0n) is 15.5. The van der Waals surface area contributed by atoms with Crippen LogP contribution in [0.3, 0.4) is 0 Å². The molecule has 0 spiro atoms. The van der Waals surface area contributed by atoms with Crippen LogP contribution in [0, 0.1) is 0 Å². The van der Waals surface area contributed by atoms with Gasteiger partial charge in [-0.05, 0) is 24.6 Å². The summed E-state index contributed by atoms with van der Waals surface area (Å²) in [5, 5.41) is 12.7. The smallest absolute Gasteiger partial charge is 0.419 e. The molecule has 0 fully saturated rings. The first kappa shape index (κ1) is 21.3. The normalized spacial score (nSPS) is 11.7. The van der Waals surface area contributed by atoms with E-state index >= 15 is 0 Å². The number of halogens is 3. The van der Waals surface area contributed by atoms with Crippen LogP contribution in [-0.4, -0.2) is 23.5 Å². The summed E-state index contributed by atoms with van der Waals surface area (Å²) in [6.07, 6.45) is 1.98. The number of hydrogen-bond acceptors (Lipinski definition) is 4. The Labute approximate surface area is 157 Å². The van der Waals surface area contributed by atoms with Crippen molar-refractivity contribution in [3.05, 3.63) is 35.6 Å². The fraction of sp³-hybridized carbons (Fsp3) is 0.550. The van der Waals surface area contributed by atoms with E-state index in [4.69, 9.17) is 14.4 Å². The Balaban J connectivity index is 2.04. The van der Waals surface area contributed by atoms with Crippen molar-refractivity contribution in [2.75, 3.05) is 13.2 Å². The van der Waals surface area contributed by atoms with Gasteiger partial charge >= 0.3 is 6.18 Å². The summed E-state index contributed by atoms with van der Waals surface area (Å²) in [5.41, 5.74) is -0.230. The Morgan fingerprint density at radius 1 is 1.07 bits per heavy atom. The Morgan fingerprint density at radius 2 is 1.81 bits per heavy atom. The van der Waals surface area contributed by atoms with E-state index in [1.165, 1.54) is 24.6 Å². The first-order valence-electron chi connectivity index (χ1n) is 9.36. The van der Waals surface area contributed by atoms with Crippen LogP contribution in [0.2, 0.25) is 0 Å². The second kappa shape index (κ2) is 10.3.